The molecule has 0 saturated carbocycles. The lowest BCUT2D eigenvalue weighted by Crippen LogP contribution is -2.24. The maximum atomic E-state index is 10.0. The molecule has 20 heavy (non-hydrogen) atoms. The summed E-state index contributed by atoms with van der Waals surface area (Å²) in [5, 5.41) is 23.3. The predicted octanol–water partition coefficient (Wildman–Crippen LogP) is 3.18. The SMILES string of the molecule is Cc1cc(Cl)cc(CNC(CO)c2ccccc2)c1O. The van der Waals surface area contributed by atoms with E-state index in [1.807, 2.05) is 37.3 Å². The number of aliphatic hydroxyl groups is 1. The van der Waals surface area contributed by atoms with Crippen molar-refractivity contribution < 1.29 is 10.2 Å². The maximum absolute atomic E-state index is 10.0. The van der Waals surface area contributed by atoms with Crippen LogP contribution in [0.2, 0.25) is 5.02 Å². The molecule has 2 aromatic carbocycles. The van der Waals surface area contributed by atoms with Gasteiger partial charge in [0.25, 0.3) is 0 Å². The largest absolute Gasteiger partial charge is 0.507 e. The number of aromatic hydroxyl groups is 1. The summed E-state index contributed by atoms with van der Waals surface area (Å²) in [6.07, 6.45) is 0. The van der Waals surface area contributed by atoms with E-state index < -0.39 is 0 Å². The summed E-state index contributed by atoms with van der Waals surface area (Å²) in [4.78, 5) is 0. The number of hydrogen-bond donors (Lipinski definition) is 3. The topological polar surface area (TPSA) is 52.5 Å². The van der Waals surface area contributed by atoms with Crippen molar-refractivity contribution in [2.24, 2.45) is 0 Å². The van der Waals surface area contributed by atoms with Gasteiger partial charge in [0.15, 0.2) is 0 Å². The van der Waals surface area contributed by atoms with Gasteiger partial charge in [-0.1, -0.05) is 41.9 Å². The van der Waals surface area contributed by atoms with Gasteiger partial charge in [-0.05, 0) is 30.2 Å². The van der Waals surface area contributed by atoms with Crippen LogP contribution in [0.4, 0.5) is 0 Å². The first-order chi connectivity index (χ1) is 9.61. The molecule has 106 valence electrons. The van der Waals surface area contributed by atoms with E-state index in [-0.39, 0.29) is 18.4 Å². The first-order valence-corrected chi connectivity index (χ1v) is 6.86. The molecule has 3 nitrogen and oxygen atoms in total. The number of halogens is 1. The third-order valence-electron chi connectivity index (χ3n) is 3.27. The molecule has 0 aliphatic heterocycles. The first-order valence-electron chi connectivity index (χ1n) is 6.49. The second-order valence-electron chi connectivity index (χ2n) is 4.76. The van der Waals surface area contributed by atoms with Crippen molar-refractivity contribution in [3.63, 3.8) is 0 Å². The van der Waals surface area contributed by atoms with Crippen LogP contribution in [0, 0.1) is 6.92 Å². The summed E-state index contributed by atoms with van der Waals surface area (Å²) in [6.45, 7) is 2.24. The zero-order chi connectivity index (χ0) is 14.5. The molecule has 1 unspecified atom stereocenters. The average molecular weight is 292 g/mol. The zero-order valence-corrected chi connectivity index (χ0v) is 12.1. The highest BCUT2D eigenvalue weighted by Gasteiger charge is 2.12. The highest BCUT2D eigenvalue weighted by Crippen LogP contribution is 2.27. The lowest BCUT2D eigenvalue weighted by atomic mass is 10.1. The van der Waals surface area contributed by atoms with E-state index in [4.69, 9.17) is 11.6 Å². The second kappa shape index (κ2) is 6.75. The molecule has 0 amide bonds. The molecule has 3 N–H and O–H groups in total. The van der Waals surface area contributed by atoms with Crippen molar-refractivity contribution in [3.8, 4) is 5.75 Å². The summed E-state index contributed by atoms with van der Waals surface area (Å²) >= 11 is 6.00. The van der Waals surface area contributed by atoms with Gasteiger partial charge >= 0.3 is 0 Å². The Morgan fingerprint density at radius 2 is 1.90 bits per heavy atom. The number of phenolic OH excluding ortho intramolecular Hbond substituents is 1. The number of hydrogen-bond acceptors (Lipinski definition) is 3. The average Bonchev–Trinajstić information content (AvgIpc) is 2.45. The van der Waals surface area contributed by atoms with Gasteiger partial charge in [0.05, 0.1) is 12.6 Å². The summed E-state index contributed by atoms with van der Waals surface area (Å²) < 4.78 is 0. The Labute approximate surface area is 123 Å². The number of rotatable bonds is 5. The predicted molar refractivity (Wildman–Crippen MR) is 81.0 cm³/mol. The highest BCUT2D eigenvalue weighted by molar-refractivity contribution is 6.30. The Balaban J connectivity index is 2.11. The second-order valence-corrected chi connectivity index (χ2v) is 5.19. The number of aliphatic hydroxyl groups excluding tert-OH is 1. The Hall–Kier alpha value is -1.55. The Kier molecular flexibility index (Phi) is 5.01. The van der Waals surface area contributed by atoms with Crippen LogP contribution in [0.5, 0.6) is 5.75 Å². The summed E-state index contributed by atoms with van der Waals surface area (Å²) in [7, 11) is 0. The van der Waals surface area contributed by atoms with Crippen LogP contribution < -0.4 is 5.32 Å². The molecule has 0 bridgehead atoms. The van der Waals surface area contributed by atoms with Crippen molar-refractivity contribution in [3.05, 3.63) is 64.2 Å². The van der Waals surface area contributed by atoms with Crippen LogP contribution in [-0.2, 0) is 6.54 Å². The molecule has 1 atom stereocenters. The molecule has 2 aromatic rings. The van der Waals surface area contributed by atoms with E-state index in [0.717, 1.165) is 16.7 Å². The van der Waals surface area contributed by atoms with Crippen LogP contribution in [0.1, 0.15) is 22.7 Å². The van der Waals surface area contributed by atoms with Crippen molar-refractivity contribution in [2.75, 3.05) is 6.61 Å². The number of phenols is 1. The molecule has 0 radical (unpaired) electrons. The van der Waals surface area contributed by atoms with E-state index in [0.29, 0.717) is 11.6 Å². The normalized spacial score (nSPS) is 12.3. The van der Waals surface area contributed by atoms with Crippen LogP contribution in [0.25, 0.3) is 0 Å². The number of nitrogens with one attached hydrogen (secondary N) is 1. The summed E-state index contributed by atoms with van der Waals surface area (Å²) in [5.41, 5.74) is 2.48. The standard InChI is InChI=1S/C16H18ClNO2/c1-11-7-14(17)8-13(16(11)20)9-18-15(10-19)12-5-3-2-4-6-12/h2-8,15,18-20H,9-10H2,1H3. The van der Waals surface area contributed by atoms with Gasteiger partial charge in [-0.25, -0.2) is 0 Å². The van der Waals surface area contributed by atoms with Gasteiger partial charge in [0.1, 0.15) is 5.75 Å². The molecule has 0 aliphatic carbocycles. The van der Waals surface area contributed by atoms with Crippen molar-refractivity contribution >= 4 is 11.6 Å². The van der Waals surface area contributed by atoms with Gasteiger partial charge in [-0.3, -0.25) is 0 Å². The minimum Gasteiger partial charge on any atom is -0.507 e. The van der Waals surface area contributed by atoms with Crippen LogP contribution in [0.3, 0.4) is 0 Å². The molecule has 0 saturated heterocycles. The number of benzene rings is 2. The molecule has 2 rings (SSSR count). The highest BCUT2D eigenvalue weighted by atomic mass is 35.5. The monoisotopic (exact) mass is 291 g/mol. The van der Waals surface area contributed by atoms with Crippen LogP contribution in [-0.4, -0.2) is 16.8 Å². The van der Waals surface area contributed by atoms with Crippen LogP contribution >= 0.6 is 11.6 Å². The third kappa shape index (κ3) is 3.51. The molecule has 0 heterocycles. The summed E-state index contributed by atoms with van der Waals surface area (Å²) in [6, 6.07) is 13.0. The van der Waals surface area contributed by atoms with Gasteiger partial charge in [0.2, 0.25) is 0 Å². The number of aryl methyl sites for hydroxylation is 1. The Bertz CT molecular complexity index is 572. The van der Waals surface area contributed by atoms with Gasteiger partial charge in [-0.2, -0.15) is 0 Å². The van der Waals surface area contributed by atoms with E-state index in [2.05, 4.69) is 5.32 Å². The molecule has 0 aliphatic rings. The zero-order valence-electron chi connectivity index (χ0n) is 11.3. The Morgan fingerprint density at radius 3 is 2.55 bits per heavy atom. The molecular formula is C16H18ClNO2. The fourth-order valence-electron chi connectivity index (χ4n) is 2.15. The quantitative estimate of drug-likeness (QED) is 0.793. The van der Waals surface area contributed by atoms with Crippen molar-refractivity contribution in [2.45, 2.75) is 19.5 Å². The van der Waals surface area contributed by atoms with Gasteiger partial charge in [0, 0.05) is 17.1 Å². The molecule has 0 spiro atoms. The maximum Gasteiger partial charge on any atom is 0.123 e. The lowest BCUT2D eigenvalue weighted by Gasteiger charge is -2.17. The van der Waals surface area contributed by atoms with Gasteiger partial charge in [-0.15, -0.1) is 0 Å². The summed E-state index contributed by atoms with van der Waals surface area (Å²) in [5.74, 6) is 0.242. The molecule has 0 aromatic heterocycles. The minimum atomic E-state index is -0.171. The van der Waals surface area contributed by atoms with Crippen LogP contribution in [0.15, 0.2) is 42.5 Å². The molecule has 0 fully saturated rings. The van der Waals surface area contributed by atoms with Crippen molar-refractivity contribution in [1.82, 2.24) is 5.32 Å². The van der Waals surface area contributed by atoms with E-state index in [1.54, 1.807) is 12.1 Å². The van der Waals surface area contributed by atoms with E-state index in [1.165, 1.54) is 0 Å². The van der Waals surface area contributed by atoms with Gasteiger partial charge < -0.3 is 15.5 Å². The van der Waals surface area contributed by atoms with E-state index in [9.17, 15) is 10.2 Å². The lowest BCUT2D eigenvalue weighted by molar-refractivity contribution is 0.243. The fraction of sp³-hybridized carbons (Fsp3) is 0.250. The third-order valence-corrected chi connectivity index (χ3v) is 3.49. The molecule has 4 heteroatoms. The van der Waals surface area contributed by atoms with E-state index >= 15 is 0 Å². The smallest absolute Gasteiger partial charge is 0.123 e. The minimum absolute atomic E-state index is 0.00960. The molecular weight excluding hydrogens is 274 g/mol. The fourth-order valence-corrected chi connectivity index (χ4v) is 2.44. The Morgan fingerprint density at radius 1 is 1.20 bits per heavy atom. The first kappa shape index (κ1) is 14.9. The van der Waals surface area contributed by atoms with Crippen molar-refractivity contribution in [1.29, 1.82) is 0 Å².